The Morgan fingerprint density at radius 1 is 1.17 bits per heavy atom. The SMILES string of the molecule is CC[C@H]1CN([C@H]2C[C@@]3(C)[C@@H](CC[C@H]4[C@@H]5CC[C@H](C(C)=O)[C@@]5(C)CC(=O)[C@@H]43)C[C@@H]2OS(C)(=O)=O)CCO1. The monoisotopic (exact) mass is 523 g/mol. The smallest absolute Gasteiger partial charge is 0.264 e. The molecule has 0 radical (unpaired) electrons. The van der Waals surface area contributed by atoms with Gasteiger partial charge < -0.3 is 4.74 Å². The van der Waals surface area contributed by atoms with Crippen LogP contribution in [0.3, 0.4) is 0 Å². The fourth-order valence-electron chi connectivity index (χ4n) is 9.73. The summed E-state index contributed by atoms with van der Waals surface area (Å²) in [5.41, 5.74) is -0.389. The molecule has 0 spiro atoms. The average molecular weight is 524 g/mol. The lowest BCUT2D eigenvalue weighted by Gasteiger charge is -2.62. The van der Waals surface area contributed by atoms with Gasteiger partial charge in [0.1, 0.15) is 11.6 Å². The van der Waals surface area contributed by atoms with Crippen molar-refractivity contribution in [3.63, 3.8) is 0 Å². The van der Waals surface area contributed by atoms with Crippen molar-refractivity contribution in [2.75, 3.05) is 26.0 Å². The zero-order valence-electron chi connectivity index (χ0n) is 22.7. The molecule has 1 aliphatic heterocycles. The van der Waals surface area contributed by atoms with Gasteiger partial charge in [0, 0.05) is 37.4 Å². The largest absolute Gasteiger partial charge is 0.376 e. The number of carbonyl (C=O) groups excluding carboxylic acids is 2. The van der Waals surface area contributed by atoms with Crippen molar-refractivity contribution >= 4 is 21.7 Å². The van der Waals surface area contributed by atoms with Crippen LogP contribution in [0.1, 0.15) is 79.1 Å². The number of ketones is 2. The predicted octanol–water partition coefficient (Wildman–Crippen LogP) is 3.85. The van der Waals surface area contributed by atoms with Crippen molar-refractivity contribution < 1.29 is 26.9 Å². The molecule has 0 amide bonds. The number of rotatable bonds is 5. The van der Waals surface area contributed by atoms with Crippen LogP contribution in [0.2, 0.25) is 0 Å². The molecule has 8 heteroatoms. The van der Waals surface area contributed by atoms with Crippen LogP contribution in [-0.4, -0.2) is 69.1 Å². The van der Waals surface area contributed by atoms with Gasteiger partial charge in [-0.05, 0) is 80.5 Å². The highest BCUT2D eigenvalue weighted by atomic mass is 32.2. The summed E-state index contributed by atoms with van der Waals surface area (Å²) < 4.78 is 36.2. The fraction of sp³-hybridized carbons (Fsp3) is 0.929. The molecule has 204 valence electrons. The number of hydrogen-bond donors (Lipinski definition) is 0. The summed E-state index contributed by atoms with van der Waals surface area (Å²) in [5, 5.41) is 0. The second-order valence-corrected chi connectivity index (χ2v) is 14.8. The quantitative estimate of drug-likeness (QED) is 0.506. The van der Waals surface area contributed by atoms with Crippen LogP contribution < -0.4 is 0 Å². The molecule has 10 atom stereocenters. The average Bonchev–Trinajstić information content (AvgIpc) is 3.14. The summed E-state index contributed by atoms with van der Waals surface area (Å²) >= 11 is 0. The summed E-state index contributed by atoms with van der Waals surface area (Å²) in [6.45, 7) is 10.5. The maximum atomic E-state index is 14.0. The number of fused-ring (bicyclic) bond motifs is 5. The Kier molecular flexibility index (Phi) is 7.00. The second kappa shape index (κ2) is 9.42. The Labute approximate surface area is 217 Å². The third-order valence-corrected chi connectivity index (χ3v) is 11.8. The maximum absolute atomic E-state index is 14.0. The Balaban J connectivity index is 1.47. The molecule has 5 rings (SSSR count). The molecule has 1 saturated heterocycles. The number of Topliss-reactive ketones (excluding diaryl/α,β-unsaturated/α-hetero) is 2. The maximum Gasteiger partial charge on any atom is 0.264 e. The minimum atomic E-state index is -3.60. The second-order valence-electron chi connectivity index (χ2n) is 13.2. The minimum absolute atomic E-state index is 0.00361. The van der Waals surface area contributed by atoms with E-state index in [0.29, 0.717) is 37.1 Å². The van der Waals surface area contributed by atoms with Crippen molar-refractivity contribution in [2.45, 2.75) is 97.3 Å². The van der Waals surface area contributed by atoms with E-state index in [0.717, 1.165) is 57.9 Å². The molecule has 4 aliphatic carbocycles. The van der Waals surface area contributed by atoms with E-state index in [4.69, 9.17) is 8.92 Å². The first-order valence-corrected chi connectivity index (χ1v) is 16.0. The molecule has 0 aromatic rings. The lowest BCUT2D eigenvalue weighted by Crippen LogP contribution is -2.63. The molecule has 0 N–H and O–H groups in total. The Bertz CT molecular complexity index is 998. The number of ether oxygens (including phenoxy) is 1. The molecule has 4 saturated carbocycles. The summed E-state index contributed by atoms with van der Waals surface area (Å²) in [4.78, 5) is 28.9. The van der Waals surface area contributed by atoms with E-state index in [-0.39, 0.29) is 52.6 Å². The van der Waals surface area contributed by atoms with Crippen molar-refractivity contribution in [3.8, 4) is 0 Å². The normalized spacial score (nSPS) is 47.6. The molecule has 0 unspecified atom stereocenters. The van der Waals surface area contributed by atoms with E-state index >= 15 is 0 Å². The number of nitrogens with zero attached hydrogens (tertiary/aromatic N) is 1. The standard InChI is InChI=1S/C28H45NO6S/c1-6-19-16-29(11-12-34-19)23-14-27(3)18(13-25(23)35-36(5,32)33)7-8-20-22-10-9-21(17(2)30)28(22,4)15-24(31)26(20)27/h18-23,25-26H,6-16H2,1-5H3/t18-,19-,20-,21+,22-,23-,25-,26+,27-,28+/m0/s1. The van der Waals surface area contributed by atoms with Gasteiger partial charge in [0.05, 0.1) is 25.1 Å². The van der Waals surface area contributed by atoms with Gasteiger partial charge in [-0.25, -0.2) is 0 Å². The fourth-order valence-corrected chi connectivity index (χ4v) is 10.4. The first-order chi connectivity index (χ1) is 16.9. The number of morpholine rings is 1. The van der Waals surface area contributed by atoms with E-state index < -0.39 is 10.1 Å². The highest BCUT2D eigenvalue weighted by Gasteiger charge is 2.65. The van der Waals surface area contributed by atoms with E-state index in [1.54, 1.807) is 6.92 Å². The van der Waals surface area contributed by atoms with Gasteiger partial charge in [0.15, 0.2) is 0 Å². The molecule has 1 heterocycles. The molecular weight excluding hydrogens is 478 g/mol. The van der Waals surface area contributed by atoms with Gasteiger partial charge in [-0.2, -0.15) is 8.42 Å². The predicted molar refractivity (Wildman–Crippen MR) is 137 cm³/mol. The van der Waals surface area contributed by atoms with Crippen molar-refractivity contribution in [1.29, 1.82) is 0 Å². The Morgan fingerprint density at radius 3 is 2.58 bits per heavy atom. The van der Waals surface area contributed by atoms with Gasteiger partial charge in [-0.1, -0.05) is 20.8 Å². The first kappa shape index (κ1) is 26.8. The van der Waals surface area contributed by atoms with Gasteiger partial charge in [0.2, 0.25) is 0 Å². The van der Waals surface area contributed by atoms with E-state index in [1.165, 1.54) is 0 Å². The summed E-state index contributed by atoms with van der Waals surface area (Å²) in [5.74, 6) is 1.58. The van der Waals surface area contributed by atoms with Crippen LogP contribution >= 0.6 is 0 Å². The molecule has 5 aliphatic rings. The van der Waals surface area contributed by atoms with Gasteiger partial charge in [-0.3, -0.25) is 18.7 Å². The zero-order chi connectivity index (χ0) is 26.0. The van der Waals surface area contributed by atoms with Gasteiger partial charge >= 0.3 is 0 Å². The molecule has 0 aromatic carbocycles. The van der Waals surface area contributed by atoms with Crippen LogP contribution in [0.15, 0.2) is 0 Å². The third kappa shape index (κ3) is 4.42. The highest BCUT2D eigenvalue weighted by Crippen LogP contribution is 2.66. The molecular formula is C28H45NO6S. The van der Waals surface area contributed by atoms with Crippen molar-refractivity contribution in [2.24, 2.45) is 40.4 Å². The highest BCUT2D eigenvalue weighted by molar-refractivity contribution is 7.86. The Hall–Kier alpha value is -0.830. The van der Waals surface area contributed by atoms with E-state index in [9.17, 15) is 18.0 Å². The first-order valence-electron chi connectivity index (χ1n) is 14.1. The Morgan fingerprint density at radius 2 is 1.92 bits per heavy atom. The molecule has 0 bridgehead atoms. The zero-order valence-corrected chi connectivity index (χ0v) is 23.5. The number of hydrogen-bond acceptors (Lipinski definition) is 7. The molecule has 5 fully saturated rings. The number of carbonyl (C=O) groups is 2. The molecule has 0 aromatic heterocycles. The van der Waals surface area contributed by atoms with Crippen molar-refractivity contribution in [1.82, 2.24) is 4.90 Å². The summed E-state index contributed by atoms with van der Waals surface area (Å²) in [6.07, 6.45) is 7.73. The van der Waals surface area contributed by atoms with Crippen LogP contribution in [0.25, 0.3) is 0 Å². The summed E-state index contributed by atoms with van der Waals surface area (Å²) in [7, 11) is -3.60. The lowest BCUT2D eigenvalue weighted by atomic mass is 9.43. The minimum Gasteiger partial charge on any atom is -0.376 e. The molecule has 36 heavy (non-hydrogen) atoms. The van der Waals surface area contributed by atoms with E-state index in [2.05, 4.69) is 25.7 Å². The van der Waals surface area contributed by atoms with E-state index in [1.807, 2.05) is 0 Å². The topological polar surface area (TPSA) is 90.0 Å². The van der Waals surface area contributed by atoms with Crippen LogP contribution in [-0.2, 0) is 28.6 Å². The van der Waals surface area contributed by atoms with Crippen molar-refractivity contribution in [3.05, 3.63) is 0 Å². The third-order valence-electron chi connectivity index (χ3n) is 11.2. The van der Waals surface area contributed by atoms with Crippen LogP contribution in [0.5, 0.6) is 0 Å². The van der Waals surface area contributed by atoms with Gasteiger partial charge in [-0.15, -0.1) is 0 Å². The van der Waals surface area contributed by atoms with Crippen LogP contribution in [0.4, 0.5) is 0 Å². The summed E-state index contributed by atoms with van der Waals surface area (Å²) in [6, 6.07) is -0.0488. The molecule has 7 nitrogen and oxygen atoms in total. The lowest BCUT2D eigenvalue weighted by molar-refractivity contribution is -0.171. The van der Waals surface area contributed by atoms with Gasteiger partial charge in [0.25, 0.3) is 10.1 Å². The van der Waals surface area contributed by atoms with Crippen LogP contribution in [0, 0.1) is 40.4 Å².